The van der Waals surface area contributed by atoms with E-state index in [1.165, 1.54) is 28.2 Å². The van der Waals surface area contributed by atoms with Crippen LogP contribution in [0.4, 0.5) is 5.69 Å². The fourth-order valence-electron chi connectivity index (χ4n) is 3.44. The molecule has 3 aromatic rings. The van der Waals surface area contributed by atoms with Crippen molar-refractivity contribution in [1.82, 2.24) is 19.1 Å². The summed E-state index contributed by atoms with van der Waals surface area (Å²) >= 11 is 1.28. The van der Waals surface area contributed by atoms with Crippen LogP contribution in [0.2, 0.25) is 0 Å². The fourth-order valence-corrected chi connectivity index (χ4v) is 5.68. The molecule has 0 bridgehead atoms. The molecular formula is C21H23N5O3S2. The Morgan fingerprint density at radius 2 is 1.81 bits per heavy atom. The molecule has 8 nitrogen and oxygen atoms in total. The molecular weight excluding hydrogens is 434 g/mol. The molecule has 1 saturated heterocycles. The Balaban J connectivity index is 1.37. The molecule has 1 amide bonds. The van der Waals surface area contributed by atoms with Gasteiger partial charge in [-0.2, -0.15) is 4.31 Å². The minimum Gasteiger partial charge on any atom is -0.325 e. The summed E-state index contributed by atoms with van der Waals surface area (Å²) in [5.74, 6) is -0.0576. The Bertz CT molecular complexity index is 1170. The Kier molecular flexibility index (Phi) is 6.40. The minimum atomic E-state index is -3.46. The molecule has 0 unspecified atom stereocenters. The number of aryl methyl sites for hydroxylation is 1. The fraction of sp³-hybridized carbons (Fsp3) is 0.286. The van der Waals surface area contributed by atoms with Crippen LogP contribution in [0.15, 0.2) is 64.9 Å². The maximum Gasteiger partial charge on any atom is 0.243 e. The second-order valence-electron chi connectivity index (χ2n) is 7.24. The van der Waals surface area contributed by atoms with Crippen LogP contribution >= 0.6 is 11.8 Å². The van der Waals surface area contributed by atoms with Crippen LogP contribution in [0.25, 0.3) is 5.69 Å². The van der Waals surface area contributed by atoms with Crippen LogP contribution in [-0.4, -0.2) is 52.2 Å². The predicted molar refractivity (Wildman–Crippen MR) is 120 cm³/mol. The van der Waals surface area contributed by atoms with Gasteiger partial charge >= 0.3 is 0 Å². The van der Waals surface area contributed by atoms with Crippen molar-refractivity contribution in [2.45, 2.75) is 29.8 Å². The Labute approximate surface area is 185 Å². The van der Waals surface area contributed by atoms with Gasteiger partial charge in [0.2, 0.25) is 15.9 Å². The number of carbonyl (C=O) groups excluding carboxylic acids is 1. The highest BCUT2D eigenvalue weighted by atomic mass is 32.2. The van der Waals surface area contributed by atoms with Gasteiger partial charge in [0.1, 0.15) is 6.33 Å². The van der Waals surface area contributed by atoms with Crippen LogP contribution in [-0.2, 0) is 14.8 Å². The van der Waals surface area contributed by atoms with Crippen LogP contribution in [0.1, 0.15) is 18.4 Å². The van der Waals surface area contributed by atoms with E-state index in [-0.39, 0.29) is 16.6 Å². The van der Waals surface area contributed by atoms with Gasteiger partial charge in [0.15, 0.2) is 5.16 Å². The molecule has 1 aliphatic heterocycles. The van der Waals surface area contributed by atoms with Gasteiger partial charge in [-0.3, -0.25) is 9.36 Å². The van der Waals surface area contributed by atoms with Gasteiger partial charge in [-0.1, -0.05) is 30.0 Å². The highest BCUT2D eigenvalue weighted by molar-refractivity contribution is 7.99. The van der Waals surface area contributed by atoms with Crippen molar-refractivity contribution < 1.29 is 13.2 Å². The third-order valence-corrected chi connectivity index (χ3v) is 7.92. The van der Waals surface area contributed by atoms with Crippen molar-refractivity contribution in [3.05, 3.63) is 60.4 Å². The van der Waals surface area contributed by atoms with Crippen molar-refractivity contribution in [1.29, 1.82) is 0 Å². The number of amides is 1. The number of anilines is 1. The number of benzene rings is 2. The maximum atomic E-state index is 12.6. The van der Waals surface area contributed by atoms with E-state index in [1.54, 1.807) is 18.5 Å². The monoisotopic (exact) mass is 457 g/mol. The number of nitrogens with zero attached hydrogens (tertiary/aromatic N) is 4. The van der Waals surface area contributed by atoms with Gasteiger partial charge in [-0.05, 0) is 55.7 Å². The zero-order valence-electron chi connectivity index (χ0n) is 17.1. The lowest BCUT2D eigenvalue weighted by molar-refractivity contribution is -0.113. The highest BCUT2D eigenvalue weighted by Gasteiger charge is 2.26. The third kappa shape index (κ3) is 4.81. The molecule has 0 aliphatic carbocycles. The van der Waals surface area contributed by atoms with Gasteiger partial charge in [0.05, 0.1) is 16.3 Å². The third-order valence-electron chi connectivity index (χ3n) is 5.06. The summed E-state index contributed by atoms with van der Waals surface area (Å²) in [5.41, 5.74) is 2.59. The van der Waals surface area contributed by atoms with Gasteiger partial charge < -0.3 is 5.32 Å². The van der Waals surface area contributed by atoms with E-state index in [9.17, 15) is 13.2 Å². The van der Waals surface area contributed by atoms with Crippen LogP contribution < -0.4 is 5.32 Å². The summed E-state index contributed by atoms with van der Waals surface area (Å²) in [7, 11) is -3.46. The second kappa shape index (κ2) is 9.21. The van der Waals surface area contributed by atoms with Crippen molar-refractivity contribution in [2.24, 2.45) is 0 Å². The van der Waals surface area contributed by atoms with E-state index in [0.717, 1.165) is 24.1 Å². The average Bonchev–Trinajstić information content (AvgIpc) is 3.46. The lowest BCUT2D eigenvalue weighted by Crippen LogP contribution is -2.27. The summed E-state index contributed by atoms with van der Waals surface area (Å²) in [5, 5.41) is 11.5. The number of sulfonamides is 1. The Morgan fingerprint density at radius 3 is 2.52 bits per heavy atom. The molecule has 0 atom stereocenters. The maximum absolute atomic E-state index is 12.6. The molecule has 0 radical (unpaired) electrons. The first-order chi connectivity index (χ1) is 14.9. The molecule has 10 heteroatoms. The van der Waals surface area contributed by atoms with E-state index in [0.29, 0.717) is 23.9 Å². The van der Waals surface area contributed by atoms with E-state index >= 15 is 0 Å². The number of hydrogen-bond donors (Lipinski definition) is 1. The topological polar surface area (TPSA) is 97.2 Å². The van der Waals surface area contributed by atoms with Crippen LogP contribution in [0.5, 0.6) is 0 Å². The summed E-state index contributed by atoms with van der Waals surface area (Å²) in [4.78, 5) is 12.6. The summed E-state index contributed by atoms with van der Waals surface area (Å²) in [6.45, 7) is 3.13. The van der Waals surface area contributed by atoms with Crippen molar-refractivity contribution >= 4 is 33.4 Å². The largest absolute Gasteiger partial charge is 0.325 e. The van der Waals surface area contributed by atoms with Crippen molar-refractivity contribution in [2.75, 3.05) is 24.2 Å². The molecule has 4 rings (SSSR count). The molecule has 31 heavy (non-hydrogen) atoms. The normalized spacial score (nSPS) is 14.6. The number of carbonyl (C=O) groups is 1. The molecule has 162 valence electrons. The van der Waals surface area contributed by atoms with Crippen molar-refractivity contribution in [3.8, 4) is 5.69 Å². The summed E-state index contributed by atoms with van der Waals surface area (Å²) < 4.78 is 28.5. The number of thioether (sulfide) groups is 1. The molecule has 2 aromatic carbocycles. The smallest absolute Gasteiger partial charge is 0.243 e. The molecule has 0 saturated carbocycles. The molecule has 1 aromatic heterocycles. The Morgan fingerprint density at radius 1 is 1.10 bits per heavy atom. The lowest BCUT2D eigenvalue weighted by atomic mass is 10.2. The van der Waals surface area contributed by atoms with Crippen LogP contribution in [0, 0.1) is 6.92 Å². The molecule has 1 fully saturated rings. The molecule has 1 aliphatic rings. The number of para-hydroxylation sites is 1. The lowest BCUT2D eigenvalue weighted by Gasteiger charge is -2.15. The Hall–Kier alpha value is -2.69. The van der Waals surface area contributed by atoms with E-state index in [2.05, 4.69) is 15.5 Å². The molecule has 2 heterocycles. The predicted octanol–water partition coefficient (Wildman–Crippen LogP) is 3.09. The van der Waals surface area contributed by atoms with Gasteiger partial charge in [-0.25, -0.2) is 8.42 Å². The van der Waals surface area contributed by atoms with Gasteiger partial charge in [0, 0.05) is 18.8 Å². The molecule has 1 N–H and O–H groups in total. The molecule has 0 spiro atoms. The number of hydrogen-bond acceptors (Lipinski definition) is 6. The van der Waals surface area contributed by atoms with E-state index in [4.69, 9.17) is 0 Å². The van der Waals surface area contributed by atoms with E-state index in [1.807, 2.05) is 35.8 Å². The van der Waals surface area contributed by atoms with Gasteiger partial charge in [-0.15, -0.1) is 10.2 Å². The number of nitrogens with one attached hydrogen (secondary N) is 1. The van der Waals surface area contributed by atoms with Crippen molar-refractivity contribution in [3.63, 3.8) is 0 Å². The zero-order valence-corrected chi connectivity index (χ0v) is 18.7. The standard InChI is InChI=1S/C21H23N5O3S2/c1-16-6-2-3-7-19(16)26-15-22-24-21(26)30-14-20(27)23-17-8-10-18(11-9-17)31(28,29)25-12-4-5-13-25/h2-3,6-11,15H,4-5,12-14H2,1H3,(H,23,27). The first kappa shape index (κ1) is 21.5. The highest BCUT2D eigenvalue weighted by Crippen LogP contribution is 2.24. The average molecular weight is 458 g/mol. The number of aromatic nitrogens is 3. The minimum absolute atomic E-state index is 0.151. The van der Waals surface area contributed by atoms with Gasteiger partial charge in [0.25, 0.3) is 0 Å². The van der Waals surface area contributed by atoms with E-state index < -0.39 is 10.0 Å². The summed E-state index contributed by atoms with van der Waals surface area (Å²) in [6.07, 6.45) is 3.41. The quantitative estimate of drug-likeness (QED) is 0.548. The van der Waals surface area contributed by atoms with Crippen LogP contribution in [0.3, 0.4) is 0 Å². The first-order valence-electron chi connectivity index (χ1n) is 9.94. The first-order valence-corrected chi connectivity index (χ1v) is 12.4. The SMILES string of the molecule is Cc1ccccc1-n1cnnc1SCC(=O)Nc1ccc(S(=O)(=O)N2CCCC2)cc1. The zero-order chi connectivity index (χ0) is 21.8. The summed E-state index contributed by atoms with van der Waals surface area (Å²) in [6, 6.07) is 14.2. The second-order valence-corrected chi connectivity index (χ2v) is 10.1. The number of rotatable bonds is 7.